The number of benzene rings is 1. The van der Waals surface area contributed by atoms with E-state index in [0.29, 0.717) is 5.56 Å². The van der Waals surface area contributed by atoms with E-state index in [1.165, 1.54) is 12.1 Å². The molecule has 2 unspecified atom stereocenters. The van der Waals surface area contributed by atoms with E-state index in [2.05, 4.69) is 10.4 Å². The van der Waals surface area contributed by atoms with Crippen molar-refractivity contribution in [3.63, 3.8) is 0 Å². The lowest BCUT2D eigenvalue weighted by Gasteiger charge is -2.21. The first-order chi connectivity index (χ1) is 7.54. The van der Waals surface area contributed by atoms with E-state index in [9.17, 15) is 9.65 Å². The molecule has 0 saturated carbocycles. The summed E-state index contributed by atoms with van der Waals surface area (Å²) in [5.74, 6) is -0.350. The Kier molecular flexibility index (Phi) is 3.76. The number of rotatable bonds is 2. The van der Waals surface area contributed by atoms with Crippen molar-refractivity contribution in [2.24, 2.45) is 4.36 Å². The normalized spacial score (nSPS) is 15.8. The van der Waals surface area contributed by atoms with Crippen LogP contribution in [0.25, 0.3) is 0 Å². The summed E-state index contributed by atoms with van der Waals surface area (Å²) in [6.45, 7) is 1.70. The molecular weight excluding hydrogens is 225 g/mol. The fourth-order valence-electron chi connectivity index (χ4n) is 1.22. The van der Waals surface area contributed by atoms with E-state index >= 15 is 0 Å². The third-order valence-corrected chi connectivity index (χ3v) is 4.24. The molecule has 5 heteroatoms. The maximum atomic E-state index is 12.8. The lowest BCUT2D eigenvalue weighted by atomic mass is 10.0. The second kappa shape index (κ2) is 4.87. The number of nitrogens with zero attached hydrogens (tertiary/aromatic N) is 3. The third-order valence-electron chi connectivity index (χ3n) is 2.38. The molecule has 0 aliphatic heterocycles. The molecule has 82 valence electrons. The Hall–Kier alpha value is -1.72. The SMILES string of the molecule is CS(=NC#N)C(C)(C#N)c1ccc(F)cc1. The second-order valence-corrected chi connectivity index (χ2v) is 5.28. The Morgan fingerprint density at radius 3 is 2.31 bits per heavy atom. The molecule has 0 aliphatic carbocycles. The van der Waals surface area contributed by atoms with Gasteiger partial charge in [0, 0.05) is 0 Å². The van der Waals surface area contributed by atoms with E-state index in [0.717, 1.165) is 0 Å². The molecular formula is C11H10FN3S. The maximum absolute atomic E-state index is 12.8. The van der Waals surface area contributed by atoms with Gasteiger partial charge in [-0.25, -0.2) is 4.39 Å². The molecule has 16 heavy (non-hydrogen) atoms. The van der Waals surface area contributed by atoms with Crippen LogP contribution in [0.2, 0.25) is 0 Å². The van der Waals surface area contributed by atoms with Crippen molar-refractivity contribution < 1.29 is 4.39 Å². The minimum Gasteiger partial charge on any atom is -0.207 e. The molecule has 0 fully saturated rings. The molecule has 1 aromatic rings. The average Bonchev–Trinajstić information content (AvgIpc) is 2.29. The zero-order chi connectivity index (χ0) is 12.2. The Morgan fingerprint density at radius 1 is 1.31 bits per heavy atom. The Labute approximate surface area is 96.2 Å². The second-order valence-electron chi connectivity index (χ2n) is 3.32. The van der Waals surface area contributed by atoms with Gasteiger partial charge in [-0.3, -0.25) is 0 Å². The Balaban J connectivity index is 3.28. The van der Waals surface area contributed by atoms with Crippen molar-refractivity contribution in [3.8, 4) is 12.3 Å². The first kappa shape index (κ1) is 12.4. The topological polar surface area (TPSA) is 59.9 Å². The van der Waals surface area contributed by atoms with Gasteiger partial charge in [-0.15, -0.1) is 4.36 Å². The monoisotopic (exact) mass is 235 g/mol. The third kappa shape index (κ3) is 2.26. The molecule has 0 radical (unpaired) electrons. The summed E-state index contributed by atoms with van der Waals surface area (Å²) >= 11 is 0. The van der Waals surface area contributed by atoms with Crippen molar-refractivity contribution in [2.45, 2.75) is 11.7 Å². The molecule has 0 spiro atoms. The quantitative estimate of drug-likeness (QED) is 0.739. The summed E-state index contributed by atoms with van der Waals surface area (Å²) in [7, 11) is -0.751. The van der Waals surface area contributed by atoms with Gasteiger partial charge in [-0.05, 0) is 30.9 Å². The molecule has 3 nitrogen and oxygen atoms in total. The van der Waals surface area contributed by atoms with Crippen LogP contribution in [0.1, 0.15) is 12.5 Å². The van der Waals surface area contributed by atoms with Crippen LogP contribution >= 0.6 is 0 Å². The van der Waals surface area contributed by atoms with E-state index in [1.807, 2.05) is 0 Å². The zero-order valence-electron chi connectivity index (χ0n) is 8.94. The van der Waals surface area contributed by atoms with E-state index in [-0.39, 0.29) is 5.82 Å². The maximum Gasteiger partial charge on any atom is 0.212 e. The molecule has 0 heterocycles. The Bertz CT molecular complexity index is 495. The van der Waals surface area contributed by atoms with Crippen LogP contribution in [-0.2, 0) is 15.4 Å². The minimum atomic E-state index is -0.885. The molecule has 0 N–H and O–H groups in total. The summed E-state index contributed by atoms with van der Waals surface area (Å²) in [6.07, 6.45) is 3.42. The predicted octanol–water partition coefficient (Wildman–Crippen LogP) is 2.48. The van der Waals surface area contributed by atoms with E-state index in [4.69, 9.17) is 5.26 Å². The molecule has 2 atom stereocenters. The number of hydrogen-bond acceptors (Lipinski definition) is 3. The highest BCUT2D eigenvalue weighted by Gasteiger charge is 2.29. The van der Waals surface area contributed by atoms with Crippen LogP contribution < -0.4 is 0 Å². The van der Waals surface area contributed by atoms with Gasteiger partial charge < -0.3 is 0 Å². The summed E-state index contributed by atoms with van der Waals surface area (Å²) < 4.78 is 15.6. The molecule has 0 saturated heterocycles. The van der Waals surface area contributed by atoms with Gasteiger partial charge in [0.2, 0.25) is 6.19 Å². The number of hydrogen-bond donors (Lipinski definition) is 0. The van der Waals surface area contributed by atoms with Crippen molar-refractivity contribution >= 4 is 10.7 Å². The highest BCUT2D eigenvalue weighted by molar-refractivity contribution is 7.87. The summed E-state index contributed by atoms with van der Waals surface area (Å²) in [6, 6.07) is 7.85. The molecule has 1 aromatic carbocycles. The molecule has 0 aromatic heterocycles. The van der Waals surface area contributed by atoms with Crippen LogP contribution in [0.5, 0.6) is 0 Å². The van der Waals surface area contributed by atoms with Gasteiger partial charge >= 0.3 is 0 Å². The molecule has 0 amide bonds. The predicted molar refractivity (Wildman–Crippen MR) is 60.7 cm³/mol. The zero-order valence-corrected chi connectivity index (χ0v) is 9.75. The summed E-state index contributed by atoms with van der Waals surface area (Å²) in [5, 5.41) is 17.7. The van der Waals surface area contributed by atoms with Crippen molar-refractivity contribution in [3.05, 3.63) is 35.6 Å². The largest absolute Gasteiger partial charge is 0.212 e. The van der Waals surface area contributed by atoms with Crippen LogP contribution in [0.15, 0.2) is 28.6 Å². The fraction of sp³-hybridized carbons (Fsp3) is 0.273. The molecule has 0 aliphatic rings. The smallest absolute Gasteiger partial charge is 0.207 e. The van der Waals surface area contributed by atoms with Crippen molar-refractivity contribution in [1.82, 2.24) is 0 Å². The summed E-state index contributed by atoms with van der Waals surface area (Å²) in [5.41, 5.74) is 0.668. The van der Waals surface area contributed by atoms with Crippen molar-refractivity contribution in [2.75, 3.05) is 6.26 Å². The van der Waals surface area contributed by atoms with Gasteiger partial charge in [-0.1, -0.05) is 22.8 Å². The first-order valence-electron chi connectivity index (χ1n) is 4.48. The minimum absolute atomic E-state index is 0.350. The first-order valence-corrected chi connectivity index (χ1v) is 6.07. The van der Waals surface area contributed by atoms with Gasteiger partial charge in [0.1, 0.15) is 10.6 Å². The van der Waals surface area contributed by atoms with Crippen LogP contribution in [-0.4, -0.2) is 6.26 Å². The van der Waals surface area contributed by atoms with Crippen molar-refractivity contribution in [1.29, 1.82) is 10.5 Å². The van der Waals surface area contributed by atoms with Gasteiger partial charge in [0.05, 0.1) is 6.07 Å². The van der Waals surface area contributed by atoms with Gasteiger partial charge in [0.25, 0.3) is 0 Å². The van der Waals surface area contributed by atoms with E-state index < -0.39 is 15.4 Å². The van der Waals surface area contributed by atoms with Gasteiger partial charge in [-0.2, -0.15) is 10.5 Å². The molecule has 1 rings (SSSR count). The lowest BCUT2D eigenvalue weighted by molar-refractivity contribution is 0.626. The van der Waals surface area contributed by atoms with Crippen LogP contribution in [0.4, 0.5) is 4.39 Å². The average molecular weight is 235 g/mol. The highest BCUT2D eigenvalue weighted by Crippen LogP contribution is 2.27. The number of halogens is 1. The lowest BCUT2D eigenvalue weighted by Crippen LogP contribution is -2.24. The van der Waals surface area contributed by atoms with Gasteiger partial charge in [0.15, 0.2) is 0 Å². The number of nitriles is 2. The summed E-state index contributed by atoms with van der Waals surface area (Å²) in [4.78, 5) is 0. The highest BCUT2D eigenvalue weighted by atomic mass is 32.2. The van der Waals surface area contributed by atoms with Crippen LogP contribution in [0.3, 0.4) is 0 Å². The fourth-order valence-corrected chi connectivity index (χ4v) is 2.14. The Morgan fingerprint density at radius 2 is 1.88 bits per heavy atom. The van der Waals surface area contributed by atoms with Crippen LogP contribution in [0, 0.1) is 28.6 Å². The molecule has 0 bridgehead atoms. The van der Waals surface area contributed by atoms with E-state index in [1.54, 1.807) is 31.5 Å². The standard InChI is InChI=1S/C11H10FN3S/c1-11(7-13,16(2)15-8-14)9-3-5-10(12)6-4-9/h3-6H,1-2H3.